The highest BCUT2D eigenvalue weighted by atomic mass is 79.9. The van der Waals surface area contributed by atoms with E-state index in [4.69, 9.17) is 9.84 Å². The topological polar surface area (TPSA) is 72.6 Å². The van der Waals surface area contributed by atoms with Gasteiger partial charge in [0.25, 0.3) is 5.69 Å². The van der Waals surface area contributed by atoms with E-state index in [0.29, 0.717) is 24.3 Å². The summed E-state index contributed by atoms with van der Waals surface area (Å²) in [5, 5.41) is 19.9. The number of rotatable bonds is 6. The molecule has 1 N–H and O–H groups in total. The lowest BCUT2D eigenvalue weighted by atomic mass is 10.1. The second-order valence-corrected chi connectivity index (χ2v) is 5.26. The lowest BCUT2D eigenvalue weighted by Crippen LogP contribution is -2.04. The van der Waals surface area contributed by atoms with Gasteiger partial charge in [0.2, 0.25) is 0 Å². The maximum absolute atomic E-state index is 10.9. The summed E-state index contributed by atoms with van der Waals surface area (Å²) in [5.74, 6) is 0.644. The van der Waals surface area contributed by atoms with Gasteiger partial charge in [-0.1, -0.05) is 24.3 Å². The third-order valence-electron chi connectivity index (χ3n) is 3.00. The second-order valence-electron chi connectivity index (χ2n) is 4.41. The lowest BCUT2D eigenvalue weighted by Gasteiger charge is -2.09. The quantitative estimate of drug-likeness (QED) is 0.638. The average molecular weight is 352 g/mol. The maximum Gasteiger partial charge on any atom is 0.272 e. The molecule has 0 spiro atoms. The van der Waals surface area contributed by atoms with Gasteiger partial charge in [0, 0.05) is 18.1 Å². The van der Waals surface area contributed by atoms with Crippen molar-refractivity contribution in [3.63, 3.8) is 0 Å². The van der Waals surface area contributed by atoms with Crippen LogP contribution in [0.25, 0.3) is 0 Å². The van der Waals surface area contributed by atoms with E-state index in [1.807, 2.05) is 0 Å². The smallest absolute Gasteiger partial charge is 0.272 e. The van der Waals surface area contributed by atoms with Crippen LogP contribution in [-0.2, 0) is 13.0 Å². The van der Waals surface area contributed by atoms with Gasteiger partial charge in [-0.25, -0.2) is 0 Å². The molecule has 0 saturated heterocycles. The number of nitro benzene ring substituents is 1. The summed E-state index contributed by atoms with van der Waals surface area (Å²) in [4.78, 5) is 10.5. The molecule has 0 amide bonds. The molecule has 5 nitrogen and oxygen atoms in total. The molecule has 0 saturated carbocycles. The molecular formula is C15H14BrNO4. The van der Waals surface area contributed by atoms with Crippen LogP contribution in [0.2, 0.25) is 0 Å². The number of nitro groups is 1. The Hall–Kier alpha value is -1.92. The summed E-state index contributed by atoms with van der Waals surface area (Å²) in [5.41, 5.74) is 1.54. The zero-order chi connectivity index (χ0) is 15.2. The molecule has 0 aromatic heterocycles. The third-order valence-corrected chi connectivity index (χ3v) is 3.62. The van der Waals surface area contributed by atoms with E-state index in [1.54, 1.807) is 36.4 Å². The van der Waals surface area contributed by atoms with Gasteiger partial charge in [0.1, 0.15) is 5.75 Å². The normalized spacial score (nSPS) is 10.4. The predicted octanol–water partition coefficient (Wildman–Crippen LogP) is 3.47. The molecule has 0 atom stereocenters. The zero-order valence-electron chi connectivity index (χ0n) is 11.2. The van der Waals surface area contributed by atoms with Crippen LogP contribution in [0, 0.1) is 10.1 Å². The summed E-state index contributed by atoms with van der Waals surface area (Å²) in [6, 6.07) is 11.9. The van der Waals surface area contributed by atoms with Crippen molar-refractivity contribution in [2.75, 3.05) is 6.61 Å². The van der Waals surface area contributed by atoms with E-state index < -0.39 is 0 Å². The number of aliphatic hydroxyl groups is 1. The van der Waals surface area contributed by atoms with E-state index in [2.05, 4.69) is 15.9 Å². The van der Waals surface area contributed by atoms with Crippen LogP contribution in [0.1, 0.15) is 11.1 Å². The number of hydrogen-bond acceptors (Lipinski definition) is 4. The Morgan fingerprint density at radius 1 is 1.24 bits per heavy atom. The van der Waals surface area contributed by atoms with Gasteiger partial charge in [-0.2, -0.15) is 0 Å². The third kappa shape index (κ3) is 4.03. The first-order valence-corrected chi connectivity index (χ1v) is 7.15. The van der Waals surface area contributed by atoms with Crippen molar-refractivity contribution < 1.29 is 14.8 Å². The molecule has 0 aliphatic heterocycles. The summed E-state index contributed by atoms with van der Waals surface area (Å²) in [7, 11) is 0. The minimum atomic E-state index is -0.388. The van der Waals surface area contributed by atoms with Gasteiger partial charge in [0.15, 0.2) is 0 Å². The van der Waals surface area contributed by atoms with E-state index in [9.17, 15) is 10.1 Å². The first-order valence-electron chi connectivity index (χ1n) is 6.36. The van der Waals surface area contributed by atoms with Crippen molar-refractivity contribution in [1.82, 2.24) is 0 Å². The molecule has 2 aromatic carbocycles. The molecule has 21 heavy (non-hydrogen) atoms. The van der Waals surface area contributed by atoms with Crippen LogP contribution in [-0.4, -0.2) is 16.6 Å². The molecule has 0 unspecified atom stereocenters. The average Bonchev–Trinajstić information content (AvgIpc) is 2.49. The molecular weight excluding hydrogens is 338 g/mol. The Balaban J connectivity index is 2.00. The molecule has 2 rings (SSSR count). The zero-order valence-corrected chi connectivity index (χ0v) is 12.7. The van der Waals surface area contributed by atoms with Crippen molar-refractivity contribution in [2.45, 2.75) is 13.0 Å². The number of nitrogens with zero attached hydrogens (tertiary/aromatic N) is 1. The molecule has 0 radical (unpaired) electrons. The van der Waals surface area contributed by atoms with Gasteiger partial charge in [0.05, 0.1) is 22.6 Å². The highest BCUT2D eigenvalue weighted by molar-refractivity contribution is 9.10. The monoisotopic (exact) mass is 351 g/mol. The van der Waals surface area contributed by atoms with E-state index in [-0.39, 0.29) is 17.2 Å². The Morgan fingerprint density at radius 3 is 2.67 bits per heavy atom. The number of hydrogen-bond donors (Lipinski definition) is 1. The van der Waals surface area contributed by atoms with Crippen LogP contribution >= 0.6 is 15.9 Å². The van der Waals surface area contributed by atoms with E-state index >= 15 is 0 Å². The van der Waals surface area contributed by atoms with Crippen molar-refractivity contribution in [1.29, 1.82) is 0 Å². The Labute approximate surface area is 130 Å². The predicted molar refractivity (Wildman–Crippen MR) is 82.4 cm³/mol. The summed E-state index contributed by atoms with van der Waals surface area (Å²) in [6.07, 6.45) is 0.450. The fourth-order valence-corrected chi connectivity index (χ4v) is 2.47. The number of para-hydroxylation sites is 1. The van der Waals surface area contributed by atoms with Gasteiger partial charge in [-0.3, -0.25) is 10.1 Å². The molecule has 0 fully saturated rings. The van der Waals surface area contributed by atoms with Gasteiger partial charge in [-0.05, 0) is 33.6 Å². The van der Waals surface area contributed by atoms with Crippen molar-refractivity contribution >= 4 is 21.6 Å². The first kappa shape index (κ1) is 15.5. The minimum Gasteiger partial charge on any atom is -0.492 e. The van der Waals surface area contributed by atoms with Crippen molar-refractivity contribution in [2.24, 2.45) is 0 Å². The molecule has 2 aromatic rings. The van der Waals surface area contributed by atoms with Gasteiger partial charge in [-0.15, -0.1) is 0 Å². The largest absolute Gasteiger partial charge is 0.492 e. The van der Waals surface area contributed by atoms with Crippen LogP contribution in [0.5, 0.6) is 5.75 Å². The van der Waals surface area contributed by atoms with Crippen LogP contribution < -0.4 is 4.74 Å². The molecule has 110 valence electrons. The maximum atomic E-state index is 10.9. The van der Waals surface area contributed by atoms with E-state index in [1.165, 1.54) is 6.07 Å². The fourth-order valence-electron chi connectivity index (χ4n) is 1.93. The standard InChI is InChI=1S/C15H14BrNO4/c16-13-9-11(10-18)5-6-15(13)21-8-7-12-3-1-2-4-14(12)17(19)20/h1-6,9,18H,7-8,10H2. The Morgan fingerprint density at radius 2 is 2.00 bits per heavy atom. The molecule has 0 heterocycles. The number of aliphatic hydroxyl groups excluding tert-OH is 1. The number of benzene rings is 2. The van der Waals surface area contributed by atoms with Crippen LogP contribution in [0.3, 0.4) is 0 Å². The summed E-state index contributed by atoms with van der Waals surface area (Å²) >= 11 is 3.37. The van der Waals surface area contributed by atoms with Gasteiger partial charge < -0.3 is 9.84 Å². The second kappa shape index (κ2) is 7.19. The highest BCUT2D eigenvalue weighted by Gasteiger charge is 2.12. The summed E-state index contributed by atoms with van der Waals surface area (Å²) in [6.45, 7) is 0.303. The number of halogens is 1. The highest BCUT2D eigenvalue weighted by Crippen LogP contribution is 2.26. The molecule has 6 heteroatoms. The SMILES string of the molecule is O=[N+]([O-])c1ccccc1CCOc1ccc(CO)cc1Br. The molecule has 0 bridgehead atoms. The Kier molecular flexibility index (Phi) is 5.30. The number of ether oxygens (including phenoxy) is 1. The van der Waals surface area contributed by atoms with E-state index in [0.717, 1.165) is 10.0 Å². The minimum absolute atomic E-state index is 0.0326. The van der Waals surface area contributed by atoms with Crippen molar-refractivity contribution in [3.8, 4) is 5.75 Å². The summed E-state index contributed by atoms with van der Waals surface area (Å²) < 4.78 is 6.37. The van der Waals surface area contributed by atoms with Gasteiger partial charge >= 0.3 is 0 Å². The van der Waals surface area contributed by atoms with Crippen LogP contribution in [0.4, 0.5) is 5.69 Å². The first-order chi connectivity index (χ1) is 10.1. The Bertz CT molecular complexity index is 645. The van der Waals surface area contributed by atoms with Crippen LogP contribution in [0.15, 0.2) is 46.9 Å². The van der Waals surface area contributed by atoms with Crippen molar-refractivity contribution in [3.05, 3.63) is 68.2 Å². The molecule has 0 aliphatic rings. The molecule has 0 aliphatic carbocycles. The lowest BCUT2D eigenvalue weighted by molar-refractivity contribution is -0.385. The fraction of sp³-hybridized carbons (Fsp3) is 0.200.